The number of amides is 1. The molecule has 11 heteroatoms. The van der Waals surface area contributed by atoms with Gasteiger partial charge in [-0.3, -0.25) is 14.6 Å². The zero-order valence-corrected chi connectivity index (χ0v) is 17.9. The minimum Gasteiger partial charge on any atom is -0.360 e. The molecular formula is C23H18F3N5O3. The highest BCUT2D eigenvalue weighted by molar-refractivity contribution is 6.05. The molecule has 34 heavy (non-hydrogen) atoms. The van der Waals surface area contributed by atoms with Crippen LogP contribution in [0.5, 0.6) is 0 Å². The van der Waals surface area contributed by atoms with Gasteiger partial charge in [0.2, 0.25) is 5.91 Å². The summed E-state index contributed by atoms with van der Waals surface area (Å²) in [6.07, 6.45) is -2.23. The van der Waals surface area contributed by atoms with E-state index in [0.717, 1.165) is 12.1 Å². The van der Waals surface area contributed by atoms with Crippen LogP contribution >= 0.6 is 0 Å². The van der Waals surface area contributed by atoms with Crippen molar-refractivity contribution in [2.45, 2.75) is 44.7 Å². The first-order valence-electron chi connectivity index (χ1n) is 10.6. The van der Waals surface area contributed by atoms with E-state index >= 15 is 0 Å². The van der Waals surface area contributed by atoms with Gasteiger partial charge in [0.1, 0.15) is 29.3 Å². The fourth-order valence-electron chi connectivity index (χ4n) is 4.09. The molecule has 2 aliphatic heterocycles. The highest BCUT2D eigenvalue weighted by atomic mass is 19.4. The van der Waals surface area contributed by atoms with E-state index in [2.05, 4.69) is 25.4 Å². The summed E-state index contributed by atoms with van der Waals surface area (Å²) >= 11 is 0. The number of ketones is 1. The van der Waals surface area contributed by atoms with Gasteiger partial charge in [-0.15, -0.1) is 0 Å². The summed E-state index contributed by atoms with van der Waals surface area (Å²) in [4.78, 5) is 37.0. The molecule has 8 nitrogen and oxygen atoms in total. The fraction of sp³-hybridized carbons (Fsp3) is 0.304. The molecule has 0 saturated carbocycles. The van der Waals surface area contributed by atoms with Crippen molar-refractivity contribution in [2.24, 2.45) is 4.99 Å². The first kappa shape index (κ1) is 21.9. The molecule has 0 bridgehead atoms. The second-order valence-corrected chi connectivity index (χ2v) is 8.32. The Morgan fingerprint density at radius 2 is 2.03 bits per heavy atom. The van der Waals surface area contributed by atoms with Gasteiger partial charge in [-0.25, -0.2) is 9.97 Å². The molecule has 2 aromatic heterocycles. The first-order valence-corrected chi connectivity index (χ1v) is 10.6. The Balaban J connectivity index is 1.30. The molecule has 0 radical (unpaired) electrons. The number of nitrogens with one attached hydrogen (secondary N) is 1. The fourth-order valence-corrected chi connectivity index (χ4v) is 4.09. The standard InChI is InChI=1S/C23H18F3N5O3/c1-11(6-18(32)21-14-3-5-20(33)30-22(14)28-10-27-21)19-9-17(31-34-19)16-8-12-7-13(23(24,25)26)2-4-15(12)29-16/h2,4,7,9-11H,3,5-6,8H2,1H3,(H,27,28,30,33)/t11-/m0/s1. The molecule has 5 rings (SSSR count). The molecule has 1 N–H and O–H groups in total. The topological polar surface area (TPSA) is 110 Å². The average Bonchev–Trinajstić information content (AvgIpc) is 3.44. The third kappa shape index (κ3) is 4.09. The van der Waals surface area contributed by atoms with Crippen molar-refractivity contribution in [3.63, 3.8) is 0 Å². The van der Waals surface area contributed by atoms with E-state index in [1.54, 1.807) is 13.0 Å². The van der Waals surface area contributed by atoms with Crippen molar-refractivity contribution < 1.29 is 27.3 Å². The lowest BCUT2D eigenvalue weighted by Gasteiger charge is -2.17. The monoisotopic (exact) mass is 469 g/mol. The summed E-state index contributed by atoms with van der Waals surface area (Å²) in [5.74, 6) is 0.106. The van der Waals surface area contributed by atoms with E-state index < -0.39 is 11.7 Å². The molecule has 3 aromatic rings. The second kappa shape index (κ2) is 8.15. The number of hydrogen-bond donors (Lipinski definition) is 1. The Morgan fingerprint density at radius 1 is 1.21 bits per heavy atom. The molecule has 1 aromatic carbocycles. The summed E-state index contributed by atoms with van der Waals surface area (Å²) in [6.45, 7) is 1.80. The van der Waals surface area contributed by atoms with Crippen LogP contribution in [0.3, 0.4) is 0 Å². The van der Waals surface area contributed by atoms with Gasteiger partial charge in [-0.1, -0.05) is 12.1 Å². The van der Waals surface area contributed by atoms with E-state index in [-0.39, 0.29) is 42.6 Å². The number of rotatable bonds is 5. The van der Waals surface area contributed by atoms with Gasteiger partial charge in [-0.05, 0) is 30.2 Å². The van der Waals surface area contributed by atoms with E-state index in [4.69, 9.17) is 4.52 Å². The van der Waals surface area contributed by atoms with Crippen LogP contribution in [0.4, 0.5) is 24.7 Å². The summed E-state index contributed by atoms with van der Waals surface area (Å²) < 4.78 is 44.4. The minimum absolute atomic E-state index is 0.0909. The quantitative estimate of drug-likeness (QED) is 0.554. The minimum atomic E-state index is -4.42. The lowest BCUT2D eigenvalue weighted by Crippen LogP contribution is -2.23. The van der Waals surface area contributed by atoms with Crippen molar-refractivity contribution >= 4 is 28.9 Å². The average molecular weight is 469 g/mol. The summed E-state index contributed by atoms with van der Waals surface area (Å²) in [6, 6.07) is 5.10. The van der Waals surface area contributed by atoms with Gasteiger partial charge in [-0.2, -0.15) is 13.2 Å². The van der Waals surface area contributed by atoms with Gasteiger partial charge in [0.15, 0.2) is 5.78 Å². The van der Waals surface area contributed by atoms with Crippen molar-refractivity contribution in [1.29, 1.82) is 0 Å². The van der Waals surface area contributed by atoms with Crippen LogP contribution in [0.15, 0.2) is 40.1 Å². The lowest BCUT2D eigenvalue weighted by molar-refractivity contribution is -0.137. The normalized spacial score (nSPS) is 15.9. The van der Waals surface area contributed by atoms with Crippen molar-refractivity contribution in [1.82, 2.24) is 15.1 Å². The SMILES string of the molecule is C[C@@H](CC(=O)c1ncnc2c1CCC(=O)N2)c1cc(C2=Nc3ccc(C(F)(F)F)cc3C2)no1. The number of nitrogens with zero attached hydrogens (tertiary/aromatic N) is 4. The zero-order valence-electron chi connectivity index (χ0n) is 17.9. The largest absolute Gasteiger partial charge is 0.416 e. The molecule has 0 saturated heterocycles. The molecule has 1 atom stereocenters. The number of carbonyl (C=O) groups is 2. The summed E-state index contributed by atoms with van der Waals surface area (Å²) in [5.41, 5.74) is 2.03. The number of carbonyl (C=O) groups excluding carboxylic acids is 2. The van der Waals surface area contributed by atoms with Gasteiger partial charge in [0, 0.05) is 36.8 Å². The third-order valence-electron chi connectivity index (χ3n) is 5.89. The number of hydrogen-bond acceptors (Lipinski definition) is 7. The maximum Gasteiger partial charge on any atom is 0.416 e. The zero-order chi connectivity index (χ0) is 24.0. The smallest absolute Gasteiger partial charge is 0.360 e. The first-order chi connectivity index (χ1) is 16.2. The van der Waals surface area contributed by atoms with Crippen LogP contribution in [0.25, 0.3) is 0 Å². The summed E-state index contributed by atoms with van der Waals surface area (Å²) in [5, 5.41) is 6.67. The van der Waals surface area contributed by atoms with E-state index in [0.29, 0.717) is 46.2 Å². The van der Waals surface area contributed by atoms with Crippen LogP contribution in [-0.2, 0) is 23.8 Å². The molecule has 0 aliphatic carbocycles. The Morgan fingerprint density at radius 3 is 2.82 bits per heavy atom. The van der Waals surface area contributed by atoms with Crippen LogP contribution in [-0.4, -0.2) is 32.5 Å². The van der Waals surface area contributed by atoms with Gasteiger partial charge >= 0.3 is 6.18 Å². The number of benzene rings is 1. The number of anilines is 1. The Kier molecular flexibility index (Phi) is 5.26. The van der Waals surface area contributed by atoms with Crippen molar-refractivity contribution in [3.8, 4) is 0 Å². The van der Waals surface area contributed by atoms with Crippen LogP contribution in [0, 0.1) is 0 Å². The third-order valence-corrected chi connectivity index (χ3v) is 5.89. The Hall–Kier alpha value is -3.89. The van der Waals surface area contributed by atoms with Crippen LogP contribution < -0.4 is 5.32 Å². The molecule has 0 fully saturated rings. The molecule has 1 amide bonds. The molecule has 0 spiro atoms. The Labute approximate surface area is 191 Å². The number of aromatic nitrogens is 3. The number of Topliss-reactive ketones (excluding diaryl/α,β-unsaturated/α-hetero) is 1. The van der Waals surface area contributed by atoms with Gasteiger partial charge in [0.25, 0.3) is 0 Å². The van der Waals surface area contributed by atoms with Gasteiger partial charge in [0.05, 0.1) is 17.0 Å². The van der Waals surface area contributed by atoms with Gasteiger partial charge < -0.3 is 9.84 Å². The lowest BCUT2D eigenvalue weighted by atomic mass is 9.95. The molecule has 2 aliphatic rings. The highest BCUT2D eigenvalue weighted by Crippen LogP contribution is 2.36. The molecule has 174 valence electrons. The number of aliphatic imine (C=N–C) groups is 1. The maximum atomic E-state index is 13.0. The van der Waals surface area contributed by atoms with Crippen LogP contribution in [0.1, 0.15) is 64.3 Å². The maximum absolute atomic E-state index is 13.0. The Bertz CT molecular complexity index is 1350. The predicted octanol–water partition coefficient (Wildman–Crippen LogP) is 4.42. The second-order valence-electron chi connectivity index (χ2n) is 8.32. The molecular weight excluding hydrogens is 451 g/mol. The van der Waals surface area contributed by atoms with E-state index in [1.165, 1.54) is 12.4 Å². The van der Waals surface area contributed by atoms with E-state index in [9.17, 15) is 22.8 Å². The summed E-state index contributed by atoms with van der Waals surface area (Å²) in [7, 11) is 0. The highest BCUT2D eigenvalue weighted by Gasteiger charge is 2.32. The molecule has 0 unspecified atom stereocenters. The van der Waals surface area contributed by atoms with Crippen molar-refractivity contribution in [2.75, 3.05) is 5.32 Å². The van der Waals surface area contributed by atoms with Crippen molar-refractivity contribution in [3.05, 3.63) is 64.4 Å². The number of fused-ring (bicyclic) bond motifs is 2. The predicted molar refractivity (Wildman–Crippen MR) is 114 cm³/mol. The van der Waals surface area contributed by atoms with E-state index in [1.807, 2.05) is 0 Å². The molecule has 4 heterocycles. The number of halogens is 3. The van der Waals surface area contributed by atoms with Crippen LogP contribution in [0.2, 0.25) is 0 Å². The number of alkyl halides is 3.